The van der Waals surface area contributed by atoms with Gasteiger partial charge in [0.2, 0.25) is 0 Å². The summed E-state index contributed by atoms with van der Waals surface area (Å²) in [5.74, 6) is 1.31. The van der Waals surface area contributed by atoms with Gasteiger partial charge in [0.05, 0.1) is 24.0 Å². The van der Waals surface area contributed by atoms with Crippen molar-refractivity contribution >= 4 is 0 Å². The van der Waals surface area contributed by atoms with Gasteiger partial charge in [0.25, 0.3) is 0 Å². The standard InChI is InChI=1S/C18H23NO/c1-3-12-20-14(2)16-8-10-18(11-9-16)17-6-4-15(13-19)5-7-17/h3-7,12,14,16,18H,8-11H2,1-2H3. The lowest BCUT2D eigenvalue weighted by Crippen LogP contribution is -2.24. The lowest BCUT2D eigenvalue weighted by Gasteiger charge is -2.32. The number of rotatable bonds is 4. The second-order valence-corrected chi connectivity index (χ2v) is 5.66. The maximum absolute atomic E-state index is 8.84. The highest BCUT2D eigenvalue weighted by Crippen LogP contribution is 2.37. The molecule has 2 heteroatoms. The van der Waals surface area contributed by atoms with Crippen molar-refractivity contribution in [1.82, 2.24) is 0 Å². The summed E-state index contributed by atoms with van der Waals surface area (Å²) in [7, 11) is 0. The minimum absolute atomic E-state index is 0.313. The topological polar surface area (TPSA) is 33.0 Å². The Balaban J connectivity index is 1.88. The first kappa shape index (κ1) is 14.7. The molecule has 1 unspecified atom stereocenters. The van der Waals surface area contributed by atoms with Crippen LogP contribution in [0, 0.1) is 17.2 Å². The number of allylic oxidation sites excluding steroid dienone is 1. The predicted octanol–water partition coefficient (Wildman–Crippen LogP) is 4.77. The Hall–Kier alpha value is -1.75. The molecule has 1 aromatic carbocycles. The highest BCUT2D eigenvalue weighted by molar-refractivity contribution is 5.33. The van der Waals surface area contributed by atoms with Crippen molar-refractivity contribution in [3.63, 3.8) is 0 Å². The van der Waals surface area contributed by atoms with E-state index in [2.05, 4.69) is 25.1 Å². The monoisotopic (exact) mass is 269 g/mol. The molecule has 1 fully saturated rings. The van der Waals surface area contributed by atoms with Crippen LogP contribution in [0.3, 0.4) is 0 Å². The SMILES string of the molecule is CC=COC(C)C1CCC(c2ccc(C#N)cc2)CC1. The van der Waals surface area contributed by atoms with Crippen LogP contribution in [-0.4, -0.2) is 6.10 Å². The van der Waals surface area contributed by atoms with E-state index < -0.39 is 0 Å². The summed E-state index contributed by atoms with van der Waals surface area (Å²) >= 11 is 0. The van der Waals surface area contributed by atoms with Crippen molar-refractivity contribution in [3.05, 3.63) is 47.7 Å². The molecule has 1 saturated carbocycles. The molecule has 2 nitrogen and oxygen atoms in total. The van der Waals surface area contributed by atoms with Crippen molar-refractivity contribution in [2.45, 2.75) is 51.6 Å². The Morgan fingerprint density at radius 3 is 2.40 bits per heavy atom. The molecule has 106 valence electrons. The number of hydrogen-bond acceptors (Lipinski definition) is 2. The van der Waals surface area contributed by atoms with Crippen LogP contribution in [0.1, 0.15) is 56.6 Å². The molecule has 1 aliphatic rings. The molecule has 1 atom stereocenters. The van der Waals surface area contributed by atoms with E-state index in [1.54, 1.807) is 6.26 Å². The van der Waals surface area contributed by atoms with E-state index in [1.807, 2.05) is 25.1 Å². The molecule has 0 N–H and O–H groups in total. The summed E-state index contributed by atoms with van der Waals surface area (Å²) in [5, 5.41) is 8.84. The van der Waals surface area contributed by atoms with E-state index in [1.165, 1.54) is 31.2 Å². The fourth-order valence-corrected chi connectivity index (χ4v) is 3.07. The molecule has 0 bridgehead atoms. The Bertz CT molecular complexity index is 475. The van der Waals surface area contributed by atoms with Crippen molar-refractivity contribution in [2.75, 3.05) is 0 Å². The summed E-state index contributed by atoms with van der Waals surface area (Å²) < 4.78 is 5.69. The van der Waals surface area contributed by atoms with Gasteiger partial charge >= 0.3 is 0 Å². The zero-order valence-electron chi connectivity index (χ0n) is 12.4. The van der Waals surface area contributed by atoms with Crippen LogP contribution in [0.2, 0.25) is 0 Å². The molecule has 1 aliphatic carbocycles. The smallest absolute Gasteiger partial charge is 0.0991 e. The van der Waals surface area contributed by atoms with Crippen LogP contribution in [0.25, 0.3) is 0 Å². The van der Waals surface area contributed by atoms with Crippen LogP contribution in [0.4, 0.5) is 0 Å². The van der Waals surface area contributed by atoms with Gasteiger partial charge in [-0.25, -0.2) is 0 Å². The molecular formula is C18H23NO. The second kappa shape index (κ2) is 7.14. The van der Waals surface area contributed by atoms with Gasteiger partial charge in [-0.05, 0) is 69.1 Å². The molecule has 0 aromatic heterocycles. The molecule has 20 heavy (non-hydrogen) atoms. The normalized spacial score (nSPS) is 24.2. The molecule has 0 aliphatic heterocycles. The minimum Gasteiger partial charge on any atom is -0.498 e. The number of ether oxygens (including phenoxy) is 1. The Morgan fingerprint density at radius 1 is 1.20 bits per heavy atom. The Labute approximate surface area is 122 Å². The third-order valence-corrected chi connectivity index (χ3v) is 4.38. The predicted molar refractivity (Wildman–Crippen MR) is 81.2 cm³/mol. The average molecular weight is 269 g/mol. The maximum Gasteiger partial charge on any atom is 0.0991 e. The molecule has 0 heterocycles. The third kappa shape index (κ3) is 3.63. The van der Waals surface area contributed by atoms with Gasteiger partial charge in [-0.1, -0.05) is 18.2 Å². The molecule has 2 rings (SSSR count). The number of nitriles is 1. The fraction of sp³-hybridized carbons (Fsp3) is 0.500. The number of benzene rings is 1. The van der Waals surface area contributed by atoms with E-state index >= 15 is 0 Å². The largest absolute Gasteiger partial charge is 0.498 e. The van der Waals surface area contributed by atoms with Crippen molar-refractivity contribution in [3.8, 4) is 6.07 Å². The van der Waals surface area contributed by atoms with Gasteiger partial charge in [-0.15, -0.1) is 0 Å². The lowest BCUT2D eigenvalue weighted by atomic mass is 9.77. The minimum atomic E-state index is 0.313. The highest BCUT2D eigenvalue weighted by atomic mass is 16.5. The van der Waals surface area contributed by atoms with Gasteiger partial charge in [0.15, 0.2) is 0 Å². The summed E-state index contributed by atoms with van der Waals surface area (Å²) in [5.41, 5.74) is 2.13. The zero-order chi connectivity index (χ0) is 14.4. The summed E-state index contributed by atoms with van der Waals surface area (Å²) in [4.78, 5) is 0. The van der Waals surface area contributed by atoms with Crippen molar-refractivity contribution in [1.29, 1.82) is 5.26 Å². The number of nitrogens with zero attached hydrogens (tertiary/aromatic N) is 1. The highest BCUT2D eigenvalue weighted by Gasteiger charge is 2.26. The van der Waals surface area contributed by atoms with E-state index in [4.69, 9.17) is 10.00 Å². The molecule has 0 spiro atoms. The third-order valence-electron chi connectivity index (χ3n) is 4.38. The van der Waals surface area contributed by atoms with E-state index in [-0.39, 0.29) is 0 Å². The average Bonchev–Trinajstić information content (AvgIpc) is 2.53. The van der Waals surface area contributed by atoms with E-state index in [9.17, 15) is 0 Å². The Kier molecular flexibility index (Phi) is 5.24. The first-order valence-electron chi connectivity index (χ1n) is 7.51. The maximum atomic E-state index is 8.84. The van der Waals surface area contributed by atoms with Gasteiger partial charge in [-0.2, -0.15) is 5.26 Å². The lowest BCUT2D eigenvalue weighted by molar-refractivity contribution is 0.0777. The molecule has 0 amide bonds. The van der Waals surface area contributed by atoms with Gasteiger partial charge in [0, 0.05) is 0 Å². The first-order valence-corrected chi connectivity index (χ1v) is 7.51. The summed E-state index contributed by atoms with van der Waals surface area (Å²) in [6, 6.07) is 10.3. The van der Waals surface area contributed by atoms with Gasteiger partial charge in [0.1, 0.15) is 0 Å². The molecule has 0 saturated heterocycles. The van der Waals surface area contributed by atoms with Crippen LogP contribution >= 0.6 is 0 Å². The van der Waals surface area contributed by atoms with Crippen LogP contribution < -0.4 is 0 Å². The molecule has 1 aromatic rings. The van der Waals surface area contributed by atoms with Crippen LogP contribution in [-0.2, 0) is 4.74 Å². The quantitative estimate of drug-likeness (QED) is 0.737. The van der Waals surface area contributed by atoms with Crippen molar-refractivity contribution < 1.29 is 4.74 Å². The number of hydrogen-bond donors (Lipinski definition) is 0. The summed E-state index contributed by atoms with van der Waals surface area (Å²) in [6.07, 6.45) is 8.96. The second-order valence-electron chi connectivity index (χ2n) is 5.66. The zero-order valence-corrected chi connectivity index (χ0v) is 12.4. The van der Waals surface area contributed by atoms with Crippen molar-refractivity contribution in [2.24, 2.45) is 5.92 Å². The van der Waals surface area contributed by atoms with E-state index in [0.29, 0.717) is 17.9 Å². The first-order chi connectivity index (χ1) is 9.74. The van der Waals surface area contributed by atoms with Gasteiger partial charge < -0.3 is 4.74 Å². The van der Waals surface area contributed by atoms with E-state index in [0.717, 1.165) is 5.56 Å². The molecule has 0 radical (unpaired) electrons. The summed E-state index contributed by atoms with van der Waals surface area (Å²) in [6.45, 7) is 4.15. The van der Waals surface area contributed by atoms with Crippen LogP contribution in [0.15, 0.2) is 36.6 Å². The van der Waals surface area contributed by atoms with Gasteiger partial charge in [-0.3, -0.25) is 0 Å². The van der Waals surface area contributed by atoms with Crippen LogP contribution in [0.5, 0.6) is 0 Å². The molecular weight excluding hydrogens is 246 g/mol. The fourth-order valence-electron chi connectivity index (χ4n) is 3.07. The Morgan fingerprint density at radius 2 is 1.85 bits per heavy atom.